The SMILES string of the molecule is CC1(CNC2CCc3c(Br)cccc32)CCC1. The van der Waals surface area contributed by atoms with Crippen molar-refractivity contribution in [2.24, 2.45) is 5.41 Å². The lowest BCUT2D eigenvalue weighted by Gasteiger charge is -2.39. The molecule has 2 aliphatic rings. The summed E-state index contributed by atoms with van der Waals surface area (Å²) in [6.45, 7) is 3.60. The van der Waals surface area contributed by atoms with E-state index >= 15 is 0 Å². The molecule has 1 N–H and O–H groups in total. The highest BCUT2D eigenvalue weighted by Gasteiger charge is 2.33. The Bertz CT molecular complexity index is 423. The average molecular weight is 294 g/mol. The molecule has 1 aromatic rings. The normalized spacial score (nSPS) is 25.4. The lowest BCUT2D eigenvalue weighted by Crippen LogP contribution is -2.38. The van der Waals surface area contributed by atoms with E-state index in [4.69, 9.17) is 0 Å². The van der Waals surface area contributed by atoms with Crippen LogP contribution in [0.1, 0.15) is 49.8 Å². The highest BCUT2D eigenvalue weighted by atomic mass is 79.9. The van der Waals surface area contributed by atoms with Crippen LogP contribution in [0, 0.1) is 5.41 Å². The van der Waals surface area contributed by atoms with Crippen LogP contribution in [0.15, 0.2) is 22.7 Å². The van der Waals surface area contributed by atoms with Crippen LogP contribution in [0.2, 0.25) is 0 Å². The van der Waals surface area contributed by atoms with Crippen molar-refractivity contribution in [3.8, 4) is 0 Å². The van der Waals surface area contributed by atoms with Crippen LogP contribution in [-0.4, -0.2) is 6.54 Å². The van der Waals surface area contributed by atoms with Crippen LogP contribution >= 0.6 is 15.9 Å². The zero-order valence-electron chi connectivity index (χ0n) is 10.4. The van der Waals surface area contributed by atoms with Crippen molar-refractivity contribution >= 4 is 15.9 Å². The fourth-order valence-corrected chi connectivity index (χ4v) is 3.73. The smallest absolute Gasteiger partial charge is 0.0326 e. The Balaban J connectivity index is 1.69. The van der Waals surface area contributed by atoms with E-state index < -0.39 is 0 Å². The van der Waals surface area contributed by atoms with Crippen molar-refractivity contribution in [2.75, 3.05) is 6.54 Å². The van der Waals surface area contributed by atoms with E-state index in [1.54, 1.807) is 0 Å². The van der Waals surface area contributed by atoms with Crippen LogP contribution in [0.4, 0.5) is 0 Å². The van der Waals surface area contributed by atoms with E-state index in [9.17, 15) is 0 Å². The van der Waals surface area contributed by atoms with E-state index in [1.807, 2.05) is 0 Å². The minimum absolute atomic E-state index is 0.578. The van der Waals surface area contributed by atoms with E-state index in [1.165, 1.54) is 54.2 Å². The number of hydrogen-bond donors (Lipinski definition) is 1. The number of fused-ring (bicyclic) bond motifs is 1. The predicted octanol–water partition coefficient (Wildman–Crippen LogP) is 4.22. The number of halogens is 1. The van der Waals surface area contributed by atoms with Gasteiger partial charge in [-0.1, -0.05) is 41.4 Å². The molecule has 0 bridgehead atoms. The minimum atomic E-state index is 0.578. The third-order valence-electron chi connectivity index (χ3n) is 4.55. The van der Waals surface area contributed by atoms with Crippen LogP contribution in [-0.2, 0) is 6.42 Å². The monoisotopic (exact) mass is 293 g/mol. The number of nitrogens with one attached hydrogen (secondary N) is 1. The van der Waals surface area contributed by atoms with Gasteiger partial charge in [0.2, 0.25) is 0 Å². The Labute approximate surface area is 112 Å². The molecule has 1 fully saturated rings. The van der Waals surface area contributed by atoms with E-state index in [-0.39, 0.29) is 0 Å². The highest BCUT2D eigenvalue weighted by Crippen LogP contribution is 2.41. The first-order valence-corrected chi connectivity index (χ1v) is 7.48. The Morgan fingerprint density at radius 1 is 1.41 bits per heavy atom. The van der Waals surface area contributed by atoms with Gasteiger partial charge in [0.15, 0.2) is 0 Å². The second-order valence-electron chi connectivity index (χ2n) is 5.94. The summed E-state index contributed by atoms with van der Waals surface area (Å²) in [4.78, 5) is 0. The van der Waals surface area contributed by atoms with Crippen molar-refractivity contribution in [1.29, 1.82) is 0 Å². The lowest BCUT2D eigenvalue weighted by atomic mass is 9.70. The van der Waals surface area contributed by atoms with Crippen LogP contribution in [0.25, 0.3) is 0 Å². The molecular formula is C15H20BrN. The maximum Gasteiger partial charge on any atom is 0.0326 e. The van der Waals surface area contributed by atoms with Crippen molar-refractivity contribution in [1.82, 2.24) is 5.32 Å². The summed E-state index contributed by atoms with van der Waals surface area (Å²) in [5.74, 6) is 0. The van der Waals surface area contributed by atoms with Gasteiger partial charge >= 0.3 is 0 Å². The molecule has 2 aliphatic carbocycles. The summed E-state index contributed by atoms with van der Waals surface area (Å²) in [6.07, 6.45) is 6.69. The minimum Gasteiger partial charge on any atom is -0.309 e. The second kappa shape index (κ2) is 4.40. The maximum absolute atomic E-state index is 3.79. The summed E-state index contributed by atoms with van der Waals surface area (Å²) in [7, 11) is 0. The highest BCUT2D eigenvalue weighted by molar-refractivity contribution is 9.10. The third-order valence-corrected chi connectivity index (χ3v) is 5.29. The topological polar surface area (TPSA) is 12.0 Å². The number of benzene rings is 1. The largest absolute Gasteiger partial charge is 0.309 e. The summed E-state index contributed by atoms with van der Waals surface area (Å²) in [5, 5.41) is 3.79. The summed E-state index contributed by atoms with van der Waals surface area (Å²) < 4.78 is 1.29. The predicted molar refractivity (Wildman–Crippen MR) is 75.2 cm³/mol. The molecule has 0 spiro atoms. The standard InChI is InChI=1S/C15H20BrN/c1-15(8-3-9-15)10-17-14-7-6-11-12(14)4-2-5-13(11)16/h2,4-5,14,17H,3,6-10H2,1H3. The van der Waals surface area contributed by atoms with Gasteiger partial charge in [0, 0.05) is 17.1 Å². The summed E-state index contributed by atoms with van der Waals surface area (Å²) >= 11 is 3.66. The molecule has 1 nitrogen and oxygen atoms in total. The third kappa shape index (κ3) is 2.17. The molecule has 0 saturated heterocycles. The van der Waals surface area contributed by atoms with Crippen molar-refractivity contribution in [3.05, 3.63) is 33.8 Å². The molecule has 0 amide bonds. The molecule has 1 atom stereocenters. The van der Waals surface area contributed by atoms with Crippen LogP contribution in [0.5, 0.6) is 0 Å². The summed E-state index contributed by atoms with van der Waals surface area (Å²) in [5.41, 5.74) is 3.61. The first-order valence-electron chi connectivity index (χ1n) is 6.69. The van der Waals surface area contributed by atoms with Gasteiger partial charge in [0.25, 0.3) is 0 Å². The second-order valence-corrected chi connectivity index (χ2v) is 6.80. The number of rotatable bonds is 3. The van der Waals surface area contributed by atoms with Gasteiger partial charge < -0.3 is 5.32 Å². The first-order chi connectivity index (χ1) is 8.18. The molecule has 0 radical (unpaired) electrons. The van der Waals surface area contributed by atoms with Gasteiger partial charge in [-0.25, -0.2) is 0 Å². The molecule has 0 heterocycles. The summed E-state index contributed by atoms with van der Waals surface area (Å²) in [6, 6.07) is 7.19. The molecular weight excluding hydrogens is 274 g/mol. The Morgan fingerprint density at radius 3 is 2.94 bits per heavy atom. The van der Waals surface area contributed by atoms with Gasteiger partial charge in [-0.3, -0.25) is 0 Å². The lowest BCUT2D eigenvalue weighted by molar-refractivity contribution is 0.150. The van der Waals surface area contributed by atoms with E-state index in [2.05, 4.69) is 46.4 Å². The number of hydrogen-bond acceptors (Lipinski definition) is 1. The molecule has 0 aromatic heterocycles. The molecule has 2 heteroatoms. The molecule has 17 heavy (non-hydrogen) atoms. The zero-order chi connectivity index (χ0) is 11.9. The quantitative estimate of drug-likeness (QED) is 0.880. The fourth-order valence-electron chi connectivity index (χ4n) is 3.15. The maximum atomic E-state index is 3.79. The molecule has 1 unspecified atom stereocenters. The molecule has 1 aromatic carbocycles. The van der Waals surface area contributed by atoms with E-state index in [0.717, 1.165) is 0 Å². The van der Waals surface area contributed by atoms with Crippen LogP contribution < -0.4 is 5.32 Å². The Morgan fingerprint density at radius 2 is 2.24 bits per heavy atom. The Kier molecular flexibility index (Phi) is 3.04. The molecule has 0 aliphatic heterocycles. The van der Waals surface area contributed by atoms with Gasteiger partial charge in [0.1, 0.15) is 0 Å². The zero-order valence-corrected chi connectivity index (χ0v) is 12.0. The van der Waals surface area contributed by atoms with Gasteiger partial charge in [-0.15, -0.1) is 0 Å². The molecule has 92 valence electrons. The van der Waals surface area contributed by atoms with Gasteiger partial charge in [-0.2, -0.15) is 0 Å². The van der Waals surface area contributed by atoms with Gasteiger partial charge in [-0.05, 0) is 48.3 Å². The first kappa shape index (κ1) is 11.7. The Hall–Kier alpha value is -0.340. The fraction of sp³-hybridized carbons (Fsp3) is 0.600. The van der Waals surface area contributed by atoms with Crippen LogP contribution in [0.3, 0.4) is 0 Å². The van der Waals surface area contributed by atoms with Crippen molar-refractivity contribution in [3.63, 3.8) is 0 Å². The van der Waals surface area contributed by atoms with Crippen molar-refractivity contribution < 1.29 is 0 Å². The van der Waals surface area contributed by atoms with Crippen molar-refractivity contribution in [2.45, 2.75) is 45.1 Å². The molecule has 3 rings (SSSR count). The van der Waals surface area contributed by atoms with E-state index in [0.29, 0.717) is 11.5 Å². The average Bonchev–Trinajstić information content (AvgIpc) is 2.69. The van der Waals surface area contributed by atoms with Gasteiger partial charge in [0.05, 0.1) is 0 Å². The molecule has 1 saturated carbocycles.